The van der Waals surface area contributed by atoms with Gasteiger partial charge >= 0.3 is 5.97 Å². The summed E-state index contributed by atoms with van der Waals surface area (Å²) in [6, 6.07) is 15.9. The second-order valence-corrected chi connectivity index (χ2v) is 5.65. The first-order chi connectivity index (χ1) is 12.3. The van der Waals surface area contributed by atoms with Crippen molar-refractivity contribution < 1.29 is 9.53 Å². The van der Waals surface area contributed by atoms with Crippen LogP contribution in [-0.4, -0.2) is 15.9 Å². The Morgan fingerprint density at radius 2 is 1.36 bits per heavy atom. The van der Waals surface area contributed by atoms with Crippen LogP contribution in [0.15, 0.2) is 73.3 Å². The fourth-order valence-corrected chi connectivity index (χ4v) is 2.84. The number of ether oxygens (including phenoxy) is 1. The molecule has 2 N–H and O–H groups in total. The molecule has 0 bridgehead atoms. The van der Waals surface area contributed by atoms with Gasteiger partial charge in [-0.25, -0.2) is 4.79 Å². The number of benzene rings is 2. The van der Waals surface area contributed by atoms with Gasteiger partial charge in [0.05, 0.1) is 6.26 Å². The van der Waals surface area contributed by atoms with Gasteiger partial charge < -0.3 is 14.7 Å². The molecule has 4 heteroatoms. The van der Waals surface area contributed by atoms with Crippen LogP contribution in [-0.2, 0) is 9.53 Å². The molecule has 0 aliphatic rings. The largest absolute Gasteiger partial charge is 0.431 e. The zero-order valence-corrected chi connectivity index (χ0v) is 13.4. The zero-order chi connectivity index (χ0) is 17.1. The Labute approximate surface area is 144 Å². The Kier molecular flexibility index (Phi) is 3.92. The lowest BCUT2D eigenvalue weighted by Crippen LogP contribution is -1.92. The first kappa shape index (κ1) is 15.0. The third-order valence-electron chi connectivity index (χ3n) is 4.07. The Morgan fingerprint density at radius 1 is 0.800 bits per heavy atom. The maximum atomic E-state index is 11.9. The third-order valence-corrected chi connectivity index (χ3v) is 4.07. The summed E-state index contributed by atoms with van der Waals surface area (Å²) < 4.78 is 5.14. The molecule has 0 amide bonds. The van der Waals surface area contributed by atoms with Crippen LogP contribution in [0.4, 0.5) is 0 Å². The fraction of sp³-hybridized carbons (Fsp3) is 0. The van der Waals surface area contributed by atoms with Gasteiger partial charge in [-0.05, 0) is 24.3 Å². The molecule has 25 heavy (non-hydrogen) atoms. The van der Waals surface area contributed by atoms with Crippen molar-refractivity contribution in [3.8, 4) is 0 Å². The molecular weight excluding hydrogens is 312 g/mol. The first-order valence-electron chi connectivity index (χ1n) is 7.99. The monoisotopic (exact) mass is 328 g/mol. The van der Waals surface area contributed by atoms with E-state index in [9.17, 15) is 4.79 Å². The summed E-state index contributed by atoms with van der Waals surface area (Å²) in [4.78, 5) is 18.2. The van der Waals surface area contributed by atoms with Gasteiger partial charge in [0.2, 0.25) is 0 Å². The predicted molar refractivity (Wildman–Crippen MR) is 101 cm³/mol. The highest BCUT2D eigenvalue weighted by Crippen LogP contribution is 2.20. The Hall–Kier alpha value is -3.53. The number of fused-ring (bicyclic) bond motifs is 2. The number of carbonyl (C=O) groups excluding carboxylic acids is 1. The second kappa shape index (κ2) is 6.53. The number of aromatic amines is 2. The number of esters is 1. The van der Waals surface area contributed by atoms with Crippen LogP contribution < -0.4 is 0 Å². The number of rotatable bonds is 4. The molecule has 4 nitrogen and oxygen atoms in total. The lowest BCUT2D eigenvalue weighted by atomic mass is 10.1. The van der Waals surface area contributed by atoms with Gasteiger partial charge in [-0.15, -0.1) is 0 Å². The van der Waals surface area contributed by atoms with Crippen LogP contribution in [0.5, 0.6) is 0 Å². The van der Waals surface area contributed by atoms with Crippen molar-refractivity contribution in [1.29, 1.82) is 0 Å². The number of para-hydroxylation sites is 2. The average Bonchev–Trinajstić information content (AvgIpc) is 3.24. The van der Waals surface area contributed by atoms with Crippen molar-refractivity contribution in [3.63, 3.8) is 0 Å². The van der Waals surface area contributed by atoms with E-state index in [0.717, 1.165) is 32.9 Å². The van der Waals surface area contributed by atoms with Crippen molar-refractivity contribution in [2.45, 2.75) is 0 Å². The van der Waals surface area contributed by atoms with Crippen molar-refractivity contribution in [1.82, 2.24) is 9.97 Å². The molecule has 0 saturated carbocycles. The van der Waals surface area contributed by atoms with Gasteiger partial charge in [0.15, 0.2) is 0 Å². The molecule has 4 aromatic rings. The predicted octanol–water partition coefficient (Wildman–Crippen LogP) is 4.88. The van der Waals surface area contributed by atoms with Crippen molar-refractivity contribution >= 4 is 39.9 Å². The Bertz CT molecular complexity index is 1100. The van der Waals surface area contributed by atoms with Crippen molar-refractivity contribution in [3.05, 3.63) is 84.4 Å². The highest BCUT2D eigenvalue weighted by atomic mass is 16.5. The molecule has 0 fully saturated rings. The molecule has 4 rings (SSSR count). The third kappa shape index (κ3) is 3.10. The molecule has 0 atom stereocenters. The fourth-order valence-electron chi connectivity index (χ4n) is 2.84. The number of hydrogen-bond donors (Lipinski definition) is 2. The Morgan fingerprint density at radius 3 is 2.00 bits per heavy atom. The van der Waals surface area contributed by atoms with Crippen LogP contribution in [0.1, 0.15) is 11.1 Å². The molecule has 2 aromatic heterocycles. The van der Waals surface area contributed by atoms with Crippen LogP contribution in [0.25, 0.3) is 34.0 Å². The van der Waals surface area contributed by atoms with Crippen LogP contribution >= 0.6 is 0 Å². The molecule has 0 aliphatic heterocycles. The summed E-state index contributed by atoms with van der Waals surface area (Å²) >= 11 is 0. The highest BCUT2D eigenvalue weighted by Gasteiger charge is 2.01. The number of hydrogen-bond acceptors (Lipinski definition) is 2. The van der Waals surface area contributed by atoms with Gasteiger partial charge in [-0.3, -0.25) is 0 Å². The second-order valence-electron chi connectivity index (χ2n) is 5.65. The molecule has 2 heterocycles. The topological polar surface area (TPSA) is 57.9 Å². The number of nitrogens with one attached hydrogen (secondary N) is 2. The van der Waals surface area contributed by atoms with E-state index in [1.807, 2.05) is 60.9 Å². The standard InChI is InChI=1S/C21H16N2O2/c24-21(10-9-15-13-22-19-7-3-1-5-17(15)19)25-12-11-16-14-23-20-8-4-2-6-18(16)20/h1-14,22-23H/b10-9+,12-11+. The van der Waals surface area contributed by atoms with Gasteiger partial charge in [0.25, 0.3) is 0 Å². The van der Waals surface area contributed by atoms with Crippen LogP contribution in [0, 0.1) is 0 Å². The van der Waals surface area contributed by atoms with Crippen molar-refractivity contribution in [2.24, 2.45) is 0 Å². The van der Waals surface area contributed by atoms with E-state index < -0.39 is 5.97 Å². The quantitative estimate of drug-likeness (QED) is 0.319. The molecule has 0 spiro atoms. The summed E-state index contributed by atoms with van der Waals surface area (Å²) in [6.45, 7) is 0. The lowest BCUT2D eigenvalue weighted by Gasteiger charge is -1.94. The molecule has 0 aliphatic carbocycles. The maximum absolute atomic E-state index is 11.9. The van der Waals surface area contributed by atoms with Gasteiger partial charge in [-0.1, -0.05) is 36.4 Å². The molecule has 0 unspecified atom stereocenters. The average molecular weight is 328 g/mol. The Balaban J connectivity index is 1.44. The van der Waals surface area contributed by atoms with Crippen molar-refractivity contribution in [2.75, 3.05) is 0 Å². The van der Waals surface area contributed by atoms with E-state index in [-0.39, 0.29) is 0 Å². The first-order valence-corrected chi connectivity index (χ1v) is 7.99. The maximum Gasteiger partial charge on any atom is 0.335 e. The van der Waals surface area contributed by atoms with Gasteiger partial charge in [-0.2, -0.15) is 0 Å². The SMILES string of the molecule is O=C(/C=C/c1c[nH]c2ccccc12)O/C=C/c1c[nH]c2ccccc12. The minimum absolute atomic E-state index is 0.415. The molecule has 2 aromatic carbocycles. The van der Waals surface area contributed by atoms with E-state index in [1.165, 1.54) is 12.3 Å². The highest BCUT2D eigenvalue weighted by molar-refractivity contribution is 5.94. The number of H-pyrrole nitrogens is 2. The summed E-state index contributed by atoms with van der Waals surface area (Å²) in [5, 5.41) is 2.16. The van der Waals surface area contributed by atoms with Crippen LogP contribution in [0.3, 0.4) is 0 Å². The minimum Gasteiger partial charge on any atom is -0.431 e. The lowest BCUT2D eigenvalue weighted by molar-refractivity contribution is -0.132. The van der Waals surface area contributed by atoms with E-state index in [0.29, 0.717) is 0 Å². The zero-order valence-electron chi connectivity index (χ0n) is 13.4. The van der Waals surface area contributed by atoms with Gasteiger partial charge in [0, 0.05) is 51.4 Å². The van der Waals surface area contributed by atoms with Gasteiger partial charge in [0.1, 0.15) is 0 Å². The molecular formula is C21H16N2O2. The summed E-state index contributed by atoms with van der Waals surface area (Å²) in [5.41, 5.74) is 4.01. The summed E-state index contributed by atoms with van der Waals surface area (Å²) in [6.07, 6.45) is 10.1. The normalized spacial score (nSPS) is 11.8. The molecule has 122 valence electrons. The van der Waals surface area contributed by atoms with E-state index in [1.54, 1.807) is 12.2 Å². The molecule has 0 saturated heterocycles. The minimum atomic E-state index is -0.415. The molecule has 0 radical (unpaired) electrons. The summed E-state index contributed by atoms with van der Waals surface area (Å²) in [5.74, 6) is -0.415. The van der Waals surface area contributed by atoms with E-state index in [2.05, 4.69) is 9.97 Å². The van der Waals surface area contributed by atoms with E-state index in [4.69, 9.17) is 4.74 Å². The smallest absolute Gasteiger partial charge is 0.335 e. The van der Waals surface area contributed by atoms with E-state index >= 15 is 0 Å². The number of carbonyl (C=O) groups is 1. The van der Waals surface area contributed by atoms with Crippen LogP contribution in [0.2, 0.25) is 0 Å². The number of aromatic nitrogens is 2. The summed E-state index contributed by atoms with van der Waals surface area (Å²) in [7, 11) is 0.